The summed E-state index contributed by atoms with van der Waals surface area (Å²) in [6.07, 6.45) is -0.234. The molecule has 0 spiro atoms. The molecule has 3 nitrogen and oxygen atoms in total. The number of ether oxygens (including phenoxy) is 2. The Hall–Kier alpha value is -0.610. The molecule has 1 aromatic carbocycles. The highest BCUT2D eigenvalue weighted by molar-refractivity contribution is 6.30. The summed E-state index contributed by atoms with van der Waals surface area (Å²) in [6.45, 7) is 4.86. The van der Waals surface area contributed by atoms with Gasteiger partial charge in [-0.1, -0.05) is 17.7 Å². The standard InChI is InChI=1S/C13H20ClNO2/c1-9-7-12(14)6-5-11(9)8-15-10(2)13(16-3)17-4/h5-7,10,13,15H,8H2,1-4H3. The molecule has 0 aromatic heterocycles. The van der Waals surface area contributed by atoms with Crippen LogP contribution in [0.5, 0.6) is 0 Å². The van der Waals surface area contributed by atoms with Crippen LogP contribution < -0.4 is 5.32 Å². The SMILES string of the molecule is COC(OC)C(C)NCc1ccc(Cl)cc1C. The summed E-state index contributed by atoms with van der Waals surface area (Å²) in [5.74, 6) is 0. The molecule has 0 amide bonds. The molecular formula is C13H20ClNO2. The summed E-state index contributed by atoms with van der Waals surface area (Å²) in [5.41, 5.74) is 2.41. The Kier molecular flexibility index (Phi) is 5.92. The molecule has 17 heavy (non-hydrogen) atoms. The number of hydrogen-bond donors (Lipinski definition) is 1. The van der Waals surface area contributed by atoms with Crippen LogP contribution in [0, 0.1) is 6.92 Å². The summed E-state index contributed by atoms with van der Waals surface area (Å²) >= 11 is 5.91. The third kappa shape index (κ3) is 4.28. The fourth-order valence-corrected chi connectivity index (χ4v) is 1.96. The summed E-state index contributed by atoms with van der Waals surface area (Å²) in [6, 6.07) is 6.03. The van der Waals surface area contributed by atoms with Gasteiger partial charge in [0.1, 0.15) is 0 Å². The van der Waals surface area contributed by atoms with Crippen LogP contribution >= 0.6 is 11.6 Å². The zero-order chi connectivity index (χ0) is 12.8. The van der Waals surface area contributed by atoms with Gasteiger partial charge in [-0.3, -0.25) is 0 Å². The third-order valence-electron chi connectivity index (χ3n) is 2.79. The van der Waals surface area contributed by atoms with Gasteiger partial charge in [-0.15, -0.1) is 0 Å². The van der Waals surface area contributed by atoms with Gasteiger partial charge in [0, 0.05) is 25.8 Å². The van der Waals surface area contributed by atoms with Crippen molar-refractivity contribution < 1.29 is 9.47 Å². The van der Waals surface area contributed by atoms with E-state index in [9.17, 15) is 0 Å². The number of halogens is 1. The second kappa shape index (κ2) is 6.97. The van der Waals surface area contributed by atoms with E-state index in [0.717, 1.165) is 11.6 Å². The first-order chi connectivity index (χ1) is 8.08. The number of hydrogen-bond acceptors (Lipinski definition) is 3. The first-order valence-electron chi connectivity index (χ1n) is 5.62. The van der Waals surface area contributed by atoms with Crippen molar-refractivity contribution in [1.29, 1.82) is 0 Å². The quantitative estimate of drug-likeness (QED) is 0.795. The highest BCUT2D eigenvalue weighted by atomic mass is 35.5. The van der Waals surface area contributed by atoms with Crippen LogP contribution in [-0.4, -0.2) is 26.6 Å². The zero-order valence-corrected chi connectivity index (χ0v) is 11.5. The van der Waals surface area contributed by atoms with E-state index in [1.807, 2.05) is 25.1 Å². The van der Waals surface area contributed by atoms with Crippen LogP contribution in [0.4, 0.5) is 0 Å². The third-order valence-corrected chi connectivity index (χ3v) is 3.03. The van der Waals surface area contributed by atoms with E-state index in [0.29, 0.717) is 0 Å². The van der Waals surface area contributed by atoms with Gasteiger partial charge in [0.05, 0.1) is 6.04 Å². The second-order valence-corrected chi connectivity index (χ2v) is 4.52. The molecule has 0 radical (unpaired) electrons. The molecule has 0 aliphatic rings. The summed E-state index contributed by atoms with van der Waals surface area (Å²) < 4.78 is 10.4. The number of aryl methyl sites for hydroxylation is 1. The van der Waals surface area contributed by atoms with Gasteiger partial charge in [0.2, 0.25) is 0 Å². The van der Waals surface area contributed by atoms with E-state index in [-0.39, 0.29) is 12.3 Å². The van der Waals surface area contributed by atoms with E-state index < -0.39 is 0 Å². The Morgan fingerprint density at radius 2 is 1.94 bits per heavy atom. The van der Waals surface area contributed by atoms with Gasteiger partial charge in [-0.2, -0.15) is 0 Å². The molecule has 0 saturated carbocycles. The first-order valence-corrected chi connectivity index (χ1v) is 6.00. The predicted octanol–water partition coefficient (Wildman–Crippen LogP) is 2.75. The lowest BCUT2D eigenvalue weighted by molar-refractivity contribution is -0.119. The van der Waals surface area contributed by atoms with E-state index in [4.69, 9.17) is 21.1 Å². The number of rotatable bonds is 6. The van der Waals surface area contributed by atoms with Gasteiger partial charge in [0.15, 0.2) is 6.29 Å². The van der Waals surface area contributed by atoms with Crippen LogP contribution in [0.15, 0.2) is 18.2 Å². The predicted molar refractivity (Wildman–Crippen MR) is 70.3 cm³/mol. The lowest BCUT2D eigenvalue weighted by atomic mass is 10.1. The van der Waals surface area contributed by atoms with Gasteiger partial charge in [-0.05, 0) is 37.1 Å². The lowest BCUT2D eigenvalue weighted by Gasteiger charge is -2.22. The average molecular weight is 258 g/mol. The molecule has 0 bridgehead atoms. The van der Waals surface area contributed by atoms with E-state index in [1.54, 1.807) is 14.2 Å². The van der Waals surface area contributed by atoms with E-state index in [2.05, 4.69) is 12.2 Å². The number of nitrogens with one attached hydrogen (secondary N) is 1. The fourth-order valence-electron chi connectivity index (χ4n) is 1.73. The second-order valence-electron chi connectivity index (χ2n) is 4.08. The largest absolute Gasteiger partial charge is 0.354 e. The molecule has 0 saturated heterocycles. The molecule has 1 unspecified atom stereocenters. The average Bonchev–Trinajstić information content (AvgIpc) is 2.29. The molecule has 4 heteroatoms. The molecular weight excluding hydrogens is 238 g/mol. The fraction of sp³-hybridized carbons (Fsp3) is 0.538. The van der Waals surface area contributed by atoms with Crippen molar-refractivity contribution in [3.05, 3.63) is 34.3 Å². The van der Waals surface area contributed by atoms with Crippen molar-refractivity contribution >= 4 is 11.6 Å². The summed E-state index contributed by atoms with van der Waals surface area (Å²) in [5, 5.41) is 4.14. The number of benzene rings is 1. The molecule has 1 atom stereocenters. The van der Waals surface area contributed by atoms with Gasteiger partial charge in [0.25, 0.3) is 0 Å². The normalized spacial score (nSPS) is 13.1. The Morgan fingerprint density at radius 3 is 2.47 bits per heavy atom. The summed E-state index contributed by atoms with van der Waals surface area (Å²) in [7, 11) is 3.28. The summed E-state index contributed by atoms with van der Waals surface area (Å²) in [4.78, 5) is 0. The van der Waals surface area contributed by atoms with Crippen LogP contribution in [0.25, 0.3) is 0 Å². The minimum atomic E-state index is -0.234. The Bertz CT molecular complexity index is 353. The van der Waals surface area contributed by atoms with Crippen LogP contribution in [0.2, 0.25) is 5.02 Å². The maximum Gasteiger partial charge on any atom is 0.171 e. The van der Waals surface area contributed by atoms with Crippen molar-refractivity contribution in [2.45, 2.75) is 32.7 Å². The van der Waals surface area contributed by atoms with Crippen molar-refractivity contribution in [1.82, 2.24) is 5.32 Å². The highest BCUT2D eigenvalue weighted by Gasteiger charge is 2.14. The van der Waals surface area contributed by atoms with Gasteiger partial charge >= 0.3 is 0 Å². The van der Waals surface area contributed by atoms with Crippen LogP contribution in [-0.2, 0) is 16.0 Å². The maximum absolute atomic E-state index is 5.91. The van der Waals surface area contributed by atoms with Crippen molar-refractivity contribution in [3.63, 3.8) is 0 Å². The number of methoxy groups -OCH3 is 2. The van der Waals surface area contributed by atoms with Crippen molar-refractivity contribution in [3.8, 4) is 0 Å². The smallest absolute Gasteiger partial charge is 0.171 e. The Labute approximate surface area is 108 Å². The lowest BCUT2D eigenvalue weighted by Crippen LogP contribution is -2.39. The molecule has 1 aromatic rings. The Balaban J connectivity index is 2.55. The monoisotopic (exact) mass is 257 g/mol. The minimum Gasteiger partial charge on any atom is -0.354 e. The van der Waals surface area contributed by atoms with Crippen molar-refractivity contribution in [2.24, 2.45) is 0 Å². The van der Waals surface area contributed by atoms with Crippen LogP contribution in [0.1, 0.15) is 18.1 Å². The highest BCUT2D eigenvalue weighted by Crippen LogP contribution is 2.15. The minimum absolute atomic E-state index is 0.125. The molecule has 1 rings (SSSR count). The molecule has 0 heterocycles. The topological polar surface area (TPSA) is 30.5 Å². The molecule has 0 fully saturated rings. The Morgan fingerprint density at radius 1 is 1.29 bits per heavy atom. The van der Waals surface area contributed by atoms with E-state index >= 15 is 0 Å². The first kappa shape index (κ1) is 14.5. The van der Waals surface area contributed by atoms with Crippen molar-refractivity contribution in [2.75, 3.05) is 14.2 Å². The van der Waals surface area contributed by atoms with E-state index in [1.165, 1.54) is 11.1 Å². The molecule has 96 valence electrons. The van der Waals surface area contributed by atoms with Crippen LogP contribution in [0.3, 0.4) is 0 Å². The van der Waals surface area contributed by atoms with Gasteiger partial charge in [-0.25, -0.2) is 0 Å². The molecule has 0 aliphatic carbocycles. The molecule has 0 aliphatic heterocycles. The molecule has 1 N–H and O–H groups in total. The van der Waals surface area contributed by atoms with Gasteiger partial charge < -0.3 is 14.8 Å². The zero-order valence-electron chi connectivity index (χ0n) is 10.8. The maximum atomic E-state index is 5.91.